The molecule has 0 aliphatic heterocycles. The number of carboxylic acids is 1. The lowest BCUT2D eigenvalue weighted by molar-refractivity contribution is -0.887. The van der Waals surface area contributed by atoms with Crippen molar-refractivity contribution in [2.24, 2.45) is 0 Å². The fourth-order valence-electron chi connectivity index (χ4n) is 1.78. The summed E-state index contributed by atoms with van der Waals surface area (Å²) >= 11 is 9.06. The summed E-state index contributed by atoms with van der Waals surface area (Å²) in [5, 5.41) is 9.26. The van der Waals surface area contributed by atoms with Crippen LogP contribution in [0.5, 0.6) is 5.75 Å². The number of ether oxygens (including phenoxy) is 1. The first-order chi connectivity index (χ1) is 9.12. The number of hydrogen-bond acceptors (Lipinski definition) is 2. The minimum atomic E-state index is -0.800. The van der Waals surface area contributed by atoms with Gasteiger partial charge in [0.05, 0.1) is 35.8 Å². The normalized spacial score (nSPS) is 13.1. The van der Waals surface area contributed by atoms with Gasteiger partial charge in [0.25, 0.3) is 0 Å². The van der Waals surface area contributed by atoms with Crippen molar-refractivity contribution in [1.82, 2.24) is 0 Å². The molecule has 0 aliphatic carbocycles. The highest BCUT2D eigenvalue weighted by Crippen LogP contribution is 2.34. The Kier molecular flexibility index (Phi) is 6.75. The molecule has 112 valence electrons. The van der Waals surface area contributed by atoms with Gasteiger partial charge in [-0.1, -0.05) is 15.9 Å². The molecule has 0 aliphatic rings. The molecule has 0 bridgehead atoms. The van der Waals surface area contributed by atoms with E-state index in [-0.39, 0.29) is 0 Å². The predicted octanol–water partition coefficient (Wildman–Crippen LogP) is 3.74. The van der Waals surface area contributed by atoms with E-state index in [4.69, 9.17) is 4.74 Å². The second-order valence-electron chi connectivity index (χ2n) is 5.31. The van der Waals surface area contributed by atoms with Crippen molar-refractivity contribution in [3.05, 3.63) is 24.6 Å². The Morgan fingerprint density at radius 1 is 1.40 bits per heavy atom. The molecule has 0 unspecified atom stereocenters. The molecule has 1 aromatic carbocycles. The number of aliphatic carboxylic acids is 1. The number of rotatable bonds is 6. The molecule has 0 saturated heterocycles. The van der Waals surface area contributed by atoms with E-state index in [9.17, 15) is 9.90 Å². The number of hydrogen-bond donors (Lipinski definition) is 1. The van der Waals surface area contributed by atoms with E-state index in [1.54, 1.807) is 0 Å². The predicted molar refractivity (Wildman–Crippen MR) is 94.1 cm³/mol. The SMILES string of the molecule is C[N+](C)(C)[C@H](CCOc1c(Br)cc(Br)cc1I)C(=O)O. The molecule has 1 rings (SSSR count). The first-order valence-electron chi connectivity index (χ1n) is 5.94. The summed E-state index contributed by atoms with van der Waals surface area (Å²) in [5.41, 5.74) is 0. The van der Waals surface area contributed by atoms with Gasteiger partial charge in [0.2, 0.25) is 0 Å². The summed E-state index contributed by atoms with van der Waals surface area (Å²) in [5.74, 6) is -0.0509. The van der Waals surface area contributed by atoms with E-state index in [0.717, 1.165) is 18.3 Å². The minimum Gasteiger partial charge on any atom is -0.491 e. The molecular formula is C13H17Br2INO3+. The molecular weight excluding hydrogens is 505 g/mol. The van der Waals surface area contributed by atoms with Crippen LogP contribution in [0.1, 0.15) is 6.42 Å². The van der Waals surface area contributed by atoms with Gasteiger partial charge in [-0.25, -0.2) is 4.79 Å². The van der Waals surface area contributed by atoms with Crippen molar-refractivity contribution < 1.29 is 19.1 Å². The van der Waals surface area contributed by atoms with Crippen molar-refractivity contribution in [1.29, 1.82) is 0 Å². The van der Waals surface area contributed by atoms with E-state index < -0.39 is 12.0 Å². The molecule has 20 heavy (non-hydrogen) atoms. The summed E-state index contributed by atoms with van der Waals surface area (Å²) in [6.45, 7) is 0.364. The van der Waals surface area contributed by atoms with Gasteiger partial charge in [0.15, 0.2) is 6.04 Å². The molecule has 1 aromatic rings. The van der Waals surface area contributed by atoms with Gasteiger partial charge in [-0.15, -0.1) is 0 Å². The maximum atomic E-state index is 11.3. The Balaban J connectivity index is 2.71. The smallest absolute Gasteiger partial charge is 0.362 e. The third kappa shape index (κ3) is 5.16. The van der Waals surface area contributed by atoms with E-state index in [2.05, 4.69) is 54.5 Å². The summed E-state index contributed by atoms with van der Waals surface area (Å²) in [7, 11) is 5.62. The summed E-state index contributed by atoms with van der Waals surface area (Å²) < 4.78 is 8.92. The molecule has 0 heterocycles. The van der Waals surface area contributed by atoms with Crippen LogP contribution >= 0.6 is 54.5 Å². The number of nitrogens with zero attached hydrogens (tertiary/aromatic N) is 1. The minimum absolute atomic E-state index is 0.364. The lowest BCUT2D eigenvalue weighted by atomic mass is 10.1. The van der Waals surface area contributed by atoms with Gasteiger partial charge in [-0.3, -0.25) is 0 Å². The zero-order valence-corrected chi connectivity index (χ0v) is 16.8. The number of carbonyl (C=O) groups is 1. The fraction of sp³-hybridized carbons (Fsp3) is 0.462. The van der Waals surface area contributed by atoms with Crippen LogP contribution in [-0.2, 0) is 4.79 Å². The van der Waals surface area contributed by atoms with Crippen molar-refractivity contribution in [3.8, 4) is 5.75 Å². The quantitative estimate of drug-likeness (QED) is 0.458. The molecule has 1 N–H and O–H groups in total. The molecule has 0 spiro atoms. The van der Waals surface area contributed by atoms with Crippen LogP contribution in [0, 0.1) is 3.57 Å². The Morgan fingerprint density at radius 3 is 2.45 bits per heavy atom. The van der Waals surface area contributed by atoms with Crippen molar-refractivity contribution in [2.45, 2.75) is 12.5 Å². The van der Waals surface area contributed by atoms with E-state index >= 15 is 0 Å². The van der Waals surface area contributed by atoms with Crippen LogP contribution < -0.4 is 4.74 Å². The van der Waals surface area contributed by atoms with Crippen LogP contribution in [0.3, 0.4) is 0 Å². The average Bonchev–Trinajstić information content (AvgIpc) is 2.24. The molecule has 1 atom stereocenters. The van der Waals surface area contributed by atoms with Crippen LogP contribution in [0.25, 0.3) is 0 Å². The van der Waals surface area contributed by atoms with Crippen molar-refractivity contribution in [3.63, 3.8) is 0 Å². The highest BCUT2D eigenvalue weighted by atomic mass is 127. The Labute approximate surface area is 149 Å². The number of halogens is 3. The zero-order chi connectivity index (χ0) is 15.5. The van der Waals surface area contributed by atoms with Gasteiger partial charge in [-0.2, -0.15) is 0 Å². The van der Waals surface area contributed by atoms with E-state index in [1.165, 1.54) is 0 Å². The maximum absolute atomic E-state index is 11.3. The first kappa shape index (κ1) is 18.2. The third-order valence-corrected chi connectivity index (χ3v) is 4.67. The van der Waals surface area contributed by atoms with Crippen molar-refractivity contribution in [2.75, 3.05) is 27.7 Å². The average molecular weight is 522 g/mol. The van der Waals surface area contributed by atoms with Crippen LogP contribution in [0.15, 0.2) is 21.1 Å². The third-order valence-electron chi connectivity index (χ3n) is 2.82. The second-order valence-corrected chi connectivity index (χ2v) is 8.24. The maximum Gasteiger partial charge on any atom is 0.362 e. The molecule has 7 heteroatoms. The van der Waals surface area contributed by atoms with Gasteiger partial charge in [0.1, 0.15) is 5.75 Å². The lowest BCUT2D eigenvalue weighted by Gasteiger charge is -2.31. The fourth-order valence-corrected chi connectivity index (χ4v) is 4.70. The molecule has 0 aromatic heterocycles. The Bertz CT molecular complexity index is 480. The number of quaternary nitrogens is 1. The van der Waals surface area contributed by atoms with Gasteiger partial charge < -0.3 is 14.3 Å². The van der Waals surface area contributed by atoms with Gasteiger partial charge in [0, 0.05) is 10.9 Å². The summed E-state index contributed by atoms with van der Waals surface area (Å²) in [6, 6.07) is 3.38. The molecule has 4 nitrogen and oxygen atoms in total. The Morgan fingerprint density at radius 2 is 2.00 bits per heavy atom. The van der Waals surface area contributed by atoms with Gasteiger partial charge in [-0.05, 0) is 50.7 Å². The molecule has 0 saturated carbocycles. The van der Waals surface area contributed by atoms with Crippen molar-refractivity contribution >= 4 is 60.4 Å². The van der Waals surface area contributed by atoms with E-state index in [1.807, 2.05) is 33.3 Å². The van der Waals surface area contributed by atoms with Crippen LogP contribution in [-0.4, -0.2) is 49.4 Å². The number of benzene rings is 1. The Hall–Kier alpha value is 0.140. The number of likely N-dealkylation sites (N-methyl/N-ethyl adjacent to an activating group) is 1. The molecule has 0 amide bonds. The van der Waals surface area contributed by atoms with Crippen LogP contribution in [0.4, 0.5) is 0 Å². The second kappa shape index (κ2) is 7.42. The summed E-state index contributed by atoms with van der Waals surface area (Å²) in [4.78, 5) is 11.3. The topological polar surface area (TPSA) is 46.5 Å². The standard InChI is InChI=1S/C13H16Br2INO3/c1-17(2,3)11(13(18)19)4-5-20-12-9(15)6-8(14)7-10(12)16/h6-7,11H,4-5H2,1-3H3/p+1/t11-/m1/s1. The highest BCUT2D eigenvalue weighted by molar-refractivity contribution is 14.1. The van der Waals surface area contributed by atoms with Crippen LogP contribution in [0.2, 0.25) is 0 Å². The first-order valence-corrected chi connectivity index (χ1v) is 8.60. The zero-order valence-electron chi connectivity index (χ0n) is 11.5. The lowest BCUT2D eigenvalue weighted by Crippen LogP contribution is -2.50. The molecule has 0 fully saturated rings. The largest absolute Gasteiger partial charge is 0.491 e. The van der Waals surface area contributed by atoms with Gasteiger partial charge >= 0.3 is 5.97 Å². The monoisotopic (exact) mass is 520 g/mol. The summed E-state index contributed by atoms with van der Waals surface area (Å²) in [6.07, 6.45) is 0.456. The number of carboxylic acid groups (broad SMARTS) is 1. The molecule has 0 radical (unpaired) electrons. The van der Waals surface area contributed by atoms with E-state index in [0.29, 0.717) is 17.5 Å². The highest BCUT2D eigenvalue weighted by Gasteiger charge is 2.31.